The zero-order valence-electron chi connectivity index (χ0n) is 8.62. The van der Waals surface area contributed by atoms with E-state index in [1.807, 2.05) is 18.2 Å². The number of anilines is 1. The van der Waals surface area contributed by atoms with E-state index in [0.29, 0.717) is 0 Å². The van der Waals surface area contributed by atoms with Gasteiger partial charge in [-0.05, 0) is 36.1 Å². The minimum Gasteiger partial charge on any atom is -0.453 e. The van der Waals surface area contributed by atoms with Crippen molar-refractivity contribution in [3.05, 3.63) is 29.3 Å². The van der Waals surface area contributed by atoms with Crippen LogP contribution < -0.4 is 11.1 Å². The molecule has 1 aromatic carbocycles. The van der Waals surface area contributed by atoms with Crippen molar-refractivity contribution in [2.45, 2.75) is 18.9 Å². The first kappa shape index (κ1) is 9.83. The van der Waals surface area contributed by atoms with E-state index in [1.165, 1.54) is 12.7 Å². The summed E-state index contributed by atoms with van der Waals surface area (Å²) in [5.41, 5.74) is 8.83. The number of ether oxygens (including phenoxy) is 1. The lowest BCUT2D eigenvalue weighted by Gasteiger charge is -2.12. The fraction of sp³-hybridized carbons (Fsp3) is 0.364. The first-order valence-electron chi connectivity index (χ1n) is 4.93. The molecule has 4 heteroatoms. The number of nitrogens with two attached hydrogens (primary N) is 1. The van der Waals surface area contributed by atoms with Crippen LogP contribution >= 0.6 is 0 Å². The van der Waals surface area contributed by atoms with Gasteiger partial charge in [0.15, 0.2) is 0 Å². The molecule has 0 radical (unpaired) electrons. The fourth-order valence-electron chi connectivity index (χ4n) is 1.99. The molecule has 1 amide bonds. The van der Waals surface area contributed by atoms with E-state index in [0.717, 1.165) is 24.1 Å². The maximum Gasteiger partial charge on any atom is 0.407 e. The van der Waals surface area contributed by atoms with Gasteiger partial charge in [-0.25, -0.2) is 4.79 Å². The topological polar surface area (TPSA) is 64.3 Å². The summed E-state index contributed by atoms with van der Waals surface area (Å²) in [5.74, 6) is 0. The first-order chi connectivity index (χ1) is 7.20. The highest BCUT2D eigenvalue weighted by Gasteiger charge is 2.23. The molecule has 4 nitrogen and oxygen atoms in total. The van der Waals surface area contributed by atoms with Crippen molar-refractivity contribution in [1.29, 1.82) is 0 Å². The van der Waals surface area contributed by atoms with Crippen molar-refractivity contribution >= 4 is 11.8 Å². The van der Waals surface area contributed by atoms with Crippen LogP contribution in [-0.4, -0.2) is 13.2 Å². The van der Waals surface area contributed by atoms with Crippen LogP contribution in [0, 0.1) is 0 Å². The maximum atomic E-state index is 11.1. The fourth-order valence-corrected chi connectivity index (χ4v) is 1.99. The van der Waals surface area contributed by atoms with Crippen LogP contribution in [0.25, 0.3) is 0 Å². The van der Waals surface area contributed by atoms with Crippen molar-refractivity contribution in [3.8, 4) is 0 Å². The molecule has 0 aromatic heterocycles. The Hall–Kier alpha value is -1.71. The number of benzene rings is 1. The summed E-state index contributed by atoms with van der Waals surface area (Å²) in [5, 5.41) is 2.80. The number of hydrogen-bond donors (Lipinski definition) is 2. The molecular weight excluding hydrogens is 192 g/mol. The Balaban J connectivity index is 2.18. The van der Waals surface area contributed by atoms with E-state index in [1.54, 1.807) is 0 Å². The largest absolute Gasteiger partial charge is 0.453 e. The smallest absolute Gasteiger partial charge is 0.407 e. The second-order valence-corrected chi connectivity index (χ2v) is 3.69. The van der Waals surface area contributed by atoms with E-state index >= 15 is 0 Å². The molecule has 1 aliphatic rings. The van der Waals surface area contributed by atoms with Crippen LogP contribution in [0.1, 0.15) is 23.6 Å². The third kappa shape index (κ3) is 1.88. The number of methoxy groups -OCH3 is 1. The SMILES string of the molecule is COC(=O)NC1CCc2cc(N)ccc21. The van der Waals surface area contributed by atoms with Gasteiger partial charge < -0.3 is 15.8 Å². The second kappa shape index (κ2) is 3.81. The number of alkyl carbamates (subject to hydrolysis) is 1. The lowest BCUT2D eigenvalue weighted by Crippen LogP contribution is -2.26. The number of rotatable bonds is 1. The maximum absolute atomic E-state index is 11.1. The van der Waals surface area contributed by atoms with Gasteiger partial charge >= 0.3 is 6.09 Å². The normalized spacial score (nSPS) is 18.3. The van der Waals surface area contributed by atoms with Crippen molar-refractivity contribution in [2.24, 2.45) is 0 Å². The first-order valence-corrected chi connectivity index (χ1v) is 4.93. The quantitative estimate of drug-likeness (QED) is 0.686. The molecular formula is C11H14N2O2. The Kier molecular flexibility index (Phi) is 2.49. The highest BCUT2D eigenvalue weighted by Crippen LogP contribution is 2.32. The summed E-state index contributed by atoms with van der Waals surface area (Å²) in [6, 6.07) is 5.86. The molecule has 0 saturated heterocycles. The lowest BCUT2D eigenvalue weighted by molar-refractivity contribution is 0.166. The number of fused-ring (bicyclic) bond motifs is 1. The van der Waals surface area contributed by atoms with Gasteiger partial charge in [0, 0.05) is 5.69 Å². The van der Waals surface area contributed by atoms with Gasteiger partial charge in [0.25, 0.3) is 0 Å². The molecule has 0 aliphatic heterocycles. The Labute approximate surface area is 88.4 Å². The number of carbonyl (C=O) groups excluding carboxylic acids is 1. The van der Waals surface area contributed by atoms with Gasteiger partial charge in [0.05, 0.1) is 13.2 Å². The molecule has 80 valence electrons. The molecule has 1 unspecified atom stereocenters. The molecule has 1 aliphatic carbocycles. The number of nitrogens with one attached hydrogen (secondary N) is 1. The van der Waals surface area contributed by atoms with Gasteiger partial charge in [0.1, 0.15) is 0 Å². The van der Waals surface area contributed by atoms with Crippen molar-refractivity contribution in [2.75, 3.05) is 12.8 Å². The standard InChI is InChI=1S/C11H14N2O2/c1-15-11(14)13-10-5-2-7-6-8(12)3-4-9(7)10/h3-4,6,10H,2,5,12H2,1H3,(H,13,14). The number of aryl methyl sites for hydroxylation is 1. The van der Waals surface area contributed by atoms with Gasteiger partial charge in [-0.15, -0.1) is 0 Å². The monoisotopic (exact) mass is 206 g/mol. The number of nitrogen functional groups attached to an aromatic ring is 1. The third-order valence-electron chi connectivity index (χ3n) is 2.72. The molecule has 0 saturated carbocycles. The van der Waals surface area contributed by atoms with Crippen LogP contribution in [0.3, 0.4) is 0 Å². The molecule has 15 heavy (non-hydrogen) atoms. The molecule has 1 aromatic rings. The van der Waals surface area contributed by atoms with Crippen LogP contribution in [0.15, 0.2) is 18.2 Å². The van der Waals surface area contributed by atoms with Crippen LogP contribution in [-0.2, 0) is 11.2 Å². The average molecular weight is 206 g/mol. The number of carbonyl (C=O) groups is 1. The molecule has 1 atom stereocenters. The summed E-state index contributed by atoms with van der Waals surface area (Å²) in [4.78, 5) is 11.1. The van der Waals surface area contributed by atoms with E-state index in [-0.39, 0.29) is 12.1 Å². The van der Waals surface area contributed by atoms with E-state index in [2.05, 4.69) is 10.1 Å². The summed E-state index contributed by atoms with van der Waals surface area (Å²) in [6.07, 6.45) is 1.48. The Bertz CT molecular complexity index is 390. The molecule has 0 heterocycles. The van der Waals surface area contributed by atoms with Gasteiger partial charge in [-0.2, -0.15) is 0 Å². The van der Waals surface area contributed by atoms with Gasteiger partial charge in [0.2, 0.25) is 0 Å². The predicted octanol–water partition coefficient (Wildman–Crippen LogP) is 1.61. The summed E-state index contributed by atoms with van der Waals surface area (Å²) >= 11 is 0. The highest BCUT2D eigenvalue weighted by atomic mass is 16.5. The van der Waals surface area contributed by atoms with Crippen molar-refractivity contribution in [1.82, 2.24) is 5.32 Å². The predicted molar refractivity (Wildman–Crippen MR) is 57.5 cm³/mol. The zero-order chi connectivity index (χ0) is 10.8. The Morgan fingerprint density at radius 2 is 2.40 bits per heavy atom. The van der Waals surface area contributed by atoms with Crippen LogP contribution in [0.2, 0.25) is 0 Å². The van der Waals surface area contributed by atoms with E-state index in [9.17, 15) is 4.79 Å². The summed E-state index contributed by atoms with van der Waals surface area (Å²) in [6.45, 7) is 0. The van der Waals surface area contributed by atoms with E-state index < -0.39 is 0 Å². The van der Waals surface area contributed by atoms with Crippen LogP contribution in [0.4, 0.5) is 10.5 Å². The van der Waals surface area contributed by atoms with Gasteiger partial charge in [-0.1, -0.05) is 6.07 Å². The summed E-state index contributed by atoms with van der Waals surface area (Å²) < 4.78 is 4.58. The van der Waals surface area contributed by atoms with Crippen molar-refractivity contribution in [3.63, 3.8) is 0 Å². The molecule has 0 bridgehead atoms. The summed E-state index contributed by atoms with van der Waals surface area (Å²) in [7, 11) is 1.37. The number of amides is 1. The average Bonchev–Trinajstić information content (AvgIpc) is 2.60. The molecule has 2 rings (SSSR count). The minimum absolute atomic E-state index is 0.0630. The van der Waals surface area contributed by atoms with Crippen molar-refractivity contribution < 1.29 is 9.53 Å². The van der Waals surface area contributed by atoms with E-state index in [4.69, 9.17) is 5.73 Å². The lowest BCUT2D eigenvalue weighted by atomic mass is 10.1. The second-order valence-electron chi connectivity index (χ2n) is 3.69. The minimum atomic E-state index is -0.385. The number of hydrogen-bond acceptors (Lipinski definition) is 3. The molecule has 0 fully saturated rings. The Morgan fingerprint density at radius 1 is 1.60 bits per heavy atom. The van der Waals surface area contributed by atoms with Crippen LogP contribution in [0.5, 0.6) is 0 Å². The zero-order valence-corrected chi connectivity index (χ0v) is 8.62. The molecule has 3 N–H and O–H groups in total. The highest BCUT2D eigenvalue weighted by molar-refractivity contribution is 5.68. The molecule has 0 spiro atoms. The van der Waals surface area contributed by atoms with Gasteiger partial charge in [-0.3, -0.25) is 0 Å². The third-order valence-corrected chi connectivity index (χ3v) is 2.72. The Morgan fingerprint density at radius 3 is 3.13 bits per heavy atom.